The van der Waals surface area contributed by atoms with Crippen LogP contribution in [0.3, 0.4) is 0 Å². The van der Waals surface area contributed by atoms with Crippen LogP contribution in [0.2, 0.25) is 0 Å². The molecule has 0 fully saturated rings. The number of likely N-dealkylation sites (N-methyl/N-ethyl adjacent to an activating group) is 1. The number of carbonyl (C=O) groups excluding carboxylic acids is 1. The number of anilines is 1. The van der Waals surface area contributed by atoms with Crippen molar-refractivity contribution >= 4 is 21.6 Å². The summed E-state index contributed by atoms with van der Waals surface area (Å²) in [6.07, 6.45) is 0. The molecule has 0 heterocycles. The van der Waals surface area contributed by atoms with E-state index in [1.807, 2.05) is 5.32 Å². The normalized spacial score (nSPS) is 11.2. The molecule has 0 atom stereocenters. The van der Waals surface area contributed by atoms with Crippen LogP contribution in [0.1, 0.15) is 5.56 Å². The lowest BCUT2D eigenvalue weighted by atomic mass is 10.2. The maximum absolute atomic E-state index is 13.6. The minimum absolute atomic E-state index is 0.118. The van der Waals surface area contributed by atoms with Crippen LogP contribution < -0.4 is 5.32 Å². The number of amides is 1. The van der Waals surface area contributed by atoms with Gasteiger partial charge in [0.05, 0.1) is 28.8 Å². The summed E-state index contributed by atoms with van der Waals surface area (Å²) < 4.78 is 65.1. The molecule has 26 heavy (non-hydrogen) atoms. The van der Waals surface area contributed by atoms with Crippen LogP contribution in [0, 0.1) is 28.8 Å². The van der Waals surface area contributed by atoms with Crippen LogP contribution in [0.25, 0.3) is 0 Å². The van der Waals surface area contributed by atoms with E-state index in [-0.39, 0.29) is 10.5 Å². The molecule has 0 aliphatic carbocycles. The number of benzene rings is 2. The lowest BCUT2D eigenvalue weighted by molar-refractivity contribution is -0.116. The number of sulfonamides is 1. The van der Waals surface area contributed by atoms with E-state index in [2.05, 4.69) is 0 Å². The van der Waals surface area contributed by atoms with Crippen molar-refractivity contribution in [1.82, 2.24) is 4.31 Å². The molecule has 1 amide bonds. The molecule has 0 spiro atoms. The first-order valence-electron chi connectivity index (χ1n) is 7.06. The minimum Gasteiger partial charge on any atom is -0.322 e. The zero-order chi connectivity index (χ0) is 19.5. The number of rotatable bonds is 5. The summed E-state index contributed by atoms with van der Waals surface area (Å²) in [7, 11) is -2.98. The molecule has 0 aliphatic heterocycles. The highest BCUT2D eigenvalue weighted by Gasteiger charge is 2.24. The molecule has 136 valence electrons. The maximum atomic E-state index is 13.6. The van der Waals surface area contributed by atoms with E-state index in [0.717, 1.165) is 19.2 Å². The van der Waals surface area contributed by atoms with E-state index in [4.69, 9.17) is 5.26 Å². The molecule has 0 aliphatic rings. The Balaban J connectivity index is 2.16. The number of nitrogens with zero attached hydrogens (tertiary/aromatic N) is 2. The molecule has 2 aromatic rings. The summed E-state index contributed by atoms with van der Waals surface area (Å²) in [5.41, 5.74) is -0.501. The SMILES string of the molecule is CN(CC(=O)Nc1ccc(F)c(F)c1F)S(=O)(=O)c1cccc(C#N)c1. The van der Waals surface area contributed by atoms with Gasteiger partial charge in [-0.25, -0.2) is 21.6 Å². The van der Waals surface area contributed by atoms with Gasteiger partial charge < -0.3 is 5.32 Å². The van der Waals surface area contributed by atoms with E-state index in [9.17, 15) is 26.4 Å². The summed E-state index contributed by atoms with van der Waals surface area (Å²) in [6.45, 7) is -0.711. The van der Waals surface area contributed by atoms with Gasteiger partial charge in [0.25, 0.3) is 0 Å². The van der Waals surface area contributed by atoms with Crippen LogP contribution in [0.5, 0.6) is 0 Å². The van der Waals surface area contributed by atoms with Gasteiger partial charge in [0.15, 0.2) is 17.5 Å². The van der Waals surface area contributed by atoms with E-state index in [1.54, 1.807) is 6.07 Å². The molecule has 0 unspecified atom stereocenters. The zero-order valence-corrected chi connectivity index (χ0v) is 14.1. The molecule has 2 rings (SSSR count). The first-order chi connectivity index (χ1) is 12.2. The third kappa shape index (κ3) is 4.01. The van der Waals surface area contributed by atoms with Gasteiger partial charge in [0, 0.05) is 7.05 Å². The molecule has 0 radical (unpaired) electrons. The minimum atomic E-state index is -4.09. The molecule has 1 N–H and O–H groups in total. The van der Waals surface area contributed by atoms with Crippen molar-refractivity contribution in [3.63, 3.8) is 0 Å². The van der Waals surface area contributed by atoms with Crippen LogP contribution in [-0.2, 0) is 14.8 Å². The van der Waals surface area contributed by atoms with Gasteiger partial charge in [-0.05, 0) is 30.3 Å². The molecule has 0 saturated carbocycles. The average molecular weight is 383 g/mol. The van der Waals surface area contributed by atoms with Crippen LogP contribution in [0.15, 0.2) is 41.3 Å². The highest BCUT2D eigenvalue weighted by Crippen LogP contribution is 2.20. The summed E-state index contributed by atoms with van der Waals surface area (Å²) in [5, 5.41) is 10.8. The molecule has 0 aromatic heterocycles. The second-order valence-electron chi connectivity index (χ2n) is 5.17. The monoisotopic (exact) mass is 383 g/mol. The number of hydrogen-bond donors (Lipinski definition) is 1. The van der Waals surface area contributed by atoms with Gasteiger partial charge in [-0.1, -0.05) is 6.07 Å². The molecule has 0 bridgehead atoms. The lowest BCUT2D eigenvalue weighted by Gasteiger charge is -2.17. The van der Waals surface area contributed by atoms with Crippen molar-refractivity contribution in [3.8, 4) is 6.07 Å². The fourth-order valence-corrected chi connectivity index (χ4v) is 3.18. The second kappa shape index (κ2) is 7.55. The molecule has 0 saturated heterocycles. The quantitative estimate of drug-likeness (QED) is 0.802. The van der Waals surface area contributed by atoms with Crippen molar-refractivity contribution in [2.45, 2.75) is 4.90 Å². The van der Waals surface area contributed by atoms with Gasteiger partial charge in [-0.15, -0.1) is 0 Å². The zero-order valence-electron chi connectivity index (χ0n) is 13.3. The Labute approximate surface area is 147 Å². The number of hydrogen-bond acceptors (Lipinski definition) is 4. The Kier molecular flexibility index (Phi) is 5.64. The van der Waals surface area contributed by atoms with Crippen LogP contribution in [0.4, 0.5) is 18.9 Å². The number of halogens is 3. The molecular weight excluding hydrogens is 371 g/mol. The Morgan fingerprint density at radius 1 is 1.19 bits per heavy atom. The Morgan fingerprint density at radius 3 is 2.54 bits per heavy atom. The predicted molar refractivity (Wildman–Crippen MR) is 85.9 cm³/mol. The Hall–Kier alpha value is -2.90. The van der Waals surface area contributed by atoms with Gasteiger partial charge >= 0.3 is 0 Å². The van der Waals surface area contributed by atoms with Gasteiger partial charge in [-0.3, -0.25) is 4.79 Å². The van der Waals surface area contributed by atoms with Crippen molar-refractivity contribution in [2.24, 2.45) is 0 Å². The standard InChI is InChI=1S/C16H12F3N3O3S/c1-22(26(24,25)11-4-2-3-10(7-11)8-20)9-14(23)21-13-6-5-12(17)15(18)16(13)19/h2-7H,9H2,1H3,(H,21,23). The third-order valence-corrected chi connectivity index (χ3v) is 5.15. The van der Waals surface area contributed by atoms with Crippen molar-refractivity contribution in [3.05, 3.63) is 59.4 Å². The topological polar surface area (TPSA) is 90.3 Å². The van der Waals surface area contributed by atoms with Crippen LogP contribution in [-0.4, -0.2) is 32.2 Å². The maximum Gasteiger partial charge on any atom is 0.243 e. The predicted octanol–water partition coefficient (Wildman–Crippen LogP) is 2.23. The number of nitrogens with one attached hydrogen (secondary N) is 1. The largest absolute Gasteiger partial charge is 0.322 e. The summed E-state index contributed by atoms with van der Waals surface area (Å²) in [6, 6.07) is 8.41. The second-order valence-corrected chi connectivity index (χ2v) is 7.22. The number of nitriles is 1. The van der Waals surface area contributed by atoms with E-state index < -0.39 is 45.6 Å². The number of carbonyl (C=O) groups is 1. The lowest BCUT2D eigenvalue weighted by Crippen LogP contribution is -2.35. The van der Waals surface area contributed by atoms with Gasteiger partial charge in [0.2, 0.25) is 15.9 Å². The molecular formula is C16H12F3N3O3S. The summed E-state index contributed by atoms with van der Waals surface area (Å²) in [4.78, 5) is 11.7. The molecule has 10 heteroatoms. The highest BCUT2D eigenvalue weighted by atomic mass is 32.2. The van der Waals surface area contributed by atoms with Crippen molar-refractivity contribution in [2.75, 3.05) is 18.9 Å². The molecule has 6 nitrogen and oxygen atoms in total. The van der Waals surface area contributed by atoms with Crippen molar-refractivity contribution in [1.29, 1.82) is 5.26 Å². The van der Waals surface area contributed by atoms with Crippen molar-refractivity contribution < 1.29 is 26.4 Å². The first-order valence-corrected chi connectivity index (χ1v) is 8.50. The summed E-state index contributed by atoms with van der Waals surface area (Å²) in [5.74, 6) is -5.72. The Morgan fingerprint density at radius 2 is 1.88 bits per heavy atom. The fourth-order valence-electron chi connectivity index (χ4n) is 2.01. The molecule has 2 aromatic carbocycles. The first kappa shape index (κ1) is 19.4. The third-order valence-electron chi connectivity index (χ3n) is 3.35. The highest BCUT2D eigenvalue weighted by molar-refractivity contribution is 7.89. The van der Waals surface area contributed by atoms with E-state index >= 15 is 0 Å². The average Bonchev–Trinajstić information content (AvgIpc) is 2.62. The van der Waals surface area contributed by atoms with Gasteiger partial charge in [-0.2, -0.15) is 9.57 Å². The smallest absolute Gasteiger partial charge is 0.243 e. The Bertz CT molecular complexity index is 1000. The van der Waals surface area contributed by atoms with Crippen LogP contribution >= 0.6 is 0 Å². The fraction of sp³-hybridized carbons (Fsp3) is 0.125. The summed E-state index contributed by atoms with van der Waals surface area (Å²) >= 11 is 0. The van der Waals surface area contributed by atoms with E-state index in [1.165, 1.54) is 18.2 Å². The van der Waals surface area contributed by atoms with Gasteiger partial charge in [0.1, 0.15) is 0 Å². The van der Waals surface area contributed by atoms with E-state index in [0.29, 0.717) is 10.4 Å².